The lowest BCUT2D eigenvalue weighted by Crippen LogP contribution is -2.29. The smallest absolute Gasteiger partial charge is 0.234 e. The predicted octanol–water partition coefficient (Wildman–Crippen LogP) is 2.11. The molecule has 0 radical (unpaired) electrons. The fraction of sp³-hybridized carbons (Fsp3) is 0.300. The van der Waals surface area contributed by atoms with Gasteiger partial charge < -0.3 is 4.90 Å². The molecule has 0 saturated carbocycles. The van der Waals surface area contributed by atoms with Gasteiger partial charge in [-0.1, -0.05) is 12.1 Å². The van der Waals surface area contributed by atoms with Gasteiger partial charge in [-0.2, -0.15) is 0 Å². The topological polar surface area (TPSA) is 20.3 Å². The molecule has 0 N–H and O–H groups in total. The molecule has 1 aromatic rings. The van der Waals surface area contributed by atoms with Crippen LogP contribution in [0.1, 0.15) is 5.56 Å². The number of hydrogen-bond acceptors (Lipinski definition) is 3. The van der Waals surface area contributed by atoms with Crippen LogP contribution in [0.3, 0.4) is 0 Å². The van der Waals surface area contributed by atoms with Crippen molar-refractivity contribution in [3.63, 3.8) is 0 Å². The van der Waals surface area contributed by atoms with Gasteiger partial charge in [-0.25, -0.2) is 4.39 Å². The van der Waals surface area contributed by atoms with E-state index in [0.717, 1.165) is 5.56 Å². The van der Waals surface area contributed by atoms with E-state index in [2.05, 4.69) is 12.6 Å². The summed E-state index contributed by atoms with van der Waals surface area (Å²) < 4.78 is 12.8. The summed E-state index contributed by atoms with van der Waals surface area (Å²) in [6.45, 7) is 0.428. The van der Waals surface area contributed by atoms with Gasteiger partial charge in [0.2, 0.25) is 5.91 Å². The first-order valence-corrected chi connectivity index (χ1v) is 6.07. The third-order valence-electron chi connectivity index (χ3n) is 2.18. The van der Waals surface area contributed by atoms with Gasteiger partial charge in [0.05, 0.1) is 5.75 Å². The summed E-state index contributed by atoms with van der Waals surface area (Å²) in [5, 5.41) is 0. The number of hydrogen-bond donors (Lipinski definition) is 1. The van der Waals surface area contributed by atoms with E-state index in [4.69, 9.17) is 0 Å². The van der Waals surface area contributed by atoms with Crippen molar-refractivity contribution in [2.45, 2.75) is 11.3 Å². The SMILES string of the molecule is O=C1CSC(S)N1Cc1cccc(F)c1. The first-order valence-electron chi connectivity index (χ1n) is 4.50. The van der Waals surface area contributed by atoms with E-state index in [1.165, 1.54) is 23.9 Å². The number of carbonyl (C=O) groups is 1. The van der Waals surface area contributed by atoms with Crippen LogP contribution in [0.15, 0.2) is 24.3 Å². The van der Waals surface area contributed by atoms with Crippen molar-refractivity contribution in [2.24, 2.45) is 0 Å². The maximum atomic E-state index is 12.9. The summed E-state index contributed by atoms with van der Waals surface area (Å²) in [7, 11) is 0. The predicted molar refractivity (Wildman–Crippen MR) is 62.2 cm³/mol. The van der Waals surface area contributed by atoms with E-state index in [-0.39, 0.29) is 16.4 Å². The quantitative estimate of drug-likeness (QED) is 0.803. The molecule has 0 aromatic heterocycles. The maximum Gasteiger partial charge on any atom is 0.234 e. The molecule has 1 aromatic carbocycles. The Morgan fingerprint density at radius 2 is 2.40 bits per heavy atom. The highest BCUT2D eigenvalue weighted by atomic mass is 32.2. The van der Waals surface area contributed by atoms with Gasteiger partial charge >= 0.3 is 0 Å². The fourth-order valence-electron chi connectivity index (χ4n) is 1.44. The standard InChI is InChI=1S/C10H10FNOS2/c11-8-3-1-2-7(4-8)5-12-9(13)6-15-10(12)14/h1-4,10,14H,5-6H2. The van der Waals surface area contributed by atoms with Gasteiger partial charge in [-0.15, -0.1) is 24.4 Å². The van der Waals surface area contributed by atoms with Gasteiger partial charge in [0, 0.05) is 6.54 Å². The first kappa shape index (κ1) is 10.8. The molecule has 2 nitrogen and oxygen atoms in total. The number of thioether (sulfide) groups is 1. The molecule has 1 amide bonds. The summed E-state index contributed by atoms with van der Waals surface area (Å²) in [6.07, 6.45) is 0. The second-order valence-corrected chi connectivity index (χ2v) is 5.20. The van der Waals surface area contributed by atoms with Crippen LogP contribution in [0.4, 0.5) is 4.39 Å². The molecule has 0 spiro atoms. The number of nitrogens with zero attached hydrogens (tertiary/aromatic N) is 1. The molecule has 80 valence electrons. The van der Waals surface area contributed by atoms with Crippen LogP contribution in [0.5, 0.6) is 0 Å². The van der Waals surface area contributed by atoms with Crippen molar-refractivity contribution in [1.29, 1.82) is 0 Å². The van der Waals surface area contributed by atoms with Gasteiger partial charge in [0.15, 0.2) is 0 Å². The Morgan fingerprint density at radius 3 is 3.00 bits per heavy atom. The zero-order valence-electron chi connectivity index (χ0n) is 7.89. The number of halogens is 1. The van der Waals surface area contributed by atoms with Crippen molar-refractivity contribution in [3.8, 4) is 0 Å². The van der Waals surface area contributed by atoms with Crippen LogP contribution in [0, 0.1) is 5.82 Å². The Labute approximate surface area is 97.3 Å². The Hall–Kier alpha value is -0.680. The normalized spacial score (nSPS) is 21.1. The highest BCUT2D eigenvalue weighted by Gasteiger charge is 2.28. The second-order valence-electron chi connectivity index (χ2n) is 3.29. The Kier molecular flexibility index (Phi) is 3.21. The number of benzene rings is 1. The molecule has 15 heavy (non-hydrogen) atoms. The van der Waals surface area contributed by atoms with Crippen LogP contribution >= 0.6 is 24.4 Å². The lowest BCUT2D eigenvalue weighted by atomic mass is 10.2. The van der Waals surface area contributed by atoms with E-state index < -0.39 is 0 Å². The largest absolute Gasteiger partial charge is 0.317 e. The summed E-state index contributed by atoms with van der Waals surface area (Å²) in [4.78, 5) is 13.1. The zero-order valence-corrected chi connectivity index (χ0v) is 9.60. The van der Waals surface area contributed by atoms with Crippen LogP contribution in [-0.2, 0) is 11.3 Å². The molecule has 1 saturated heterocycles. The minimum absolute atomic E-state index is 0.0595. The Morgan fingerprint density at radius 1 is 1.60 bits per heavy atom. The highest BCUT2D eigenvalue weighted by Crippen LogP contribution is 2.28. The summed E-state index contributed by atoms with van der Waals surface area (Å²) in [5.74, 6) is 0.246. The van der Waals surface area contributed by atoms with Crippen LogP contribution < -0.4 is 0 Å². The summed E-state index contributed by atoms with van der Waals surface area (Å²) in [5.41, 5.74) is 0.796. The van der Waals surface area contributed by atoms with Crippen LogP contribution in [-0.4, -0.2) is 21.3 Å². The average molecular weight is 243 g/mol. The molecular formula is C10H10FNOS2. The minimum Gasteiger partial charge on any atom is -0.317 e. The number of thiol groups is 1. The van der Waals surface area contributed by atoms with Gasteiger partial charge in [-0.3, -0.25) is 4.79 Å². The molecule has 1 fully saturated rings. The van der Waals surface area contributed by atoms with E-state index in [1.54, 1.807) is 17.0 Å². The third kappa shape index (κ3) is 2.46. The van der Waals surface area contributed by atoms with Crippen molar-refractivity contribution < 1.29 is 9.18 Å². The lowest BCUT2D eigenvalue weighted by Gasteiger charge is -2.19. The van der Waals surface area contributed by atoms with Crippen molar-refractivity contribution >= 4 is 30.3 Å². The molecule has 1 heterocycles. The van der Waals surface area contributed by atoms with E-state index in [0.29, 0.717) is 12.3 Å². The summed E-state index contributed by atoms with van der Waals surface area (Å²) in [6, 6.07) is 6.28. The zero-order chi connectivity index (χ0) is 10.8. The van der Waals surface area contributed by atoms with Crippen molar-refractivity contribution in [2.75, 3.05) is 5.75 Å². The molecule has 0 bridgehead atoms. The monoisotopic (exact) mass is 243 g/mol. The number of rotatable bonds is 2. The molecule has 5 heteroatoms. The van der Waals surface area contributed by atoms with Gasteiger partial charge in [0.25, 0.3) is 0 Å². The van der Waals surface area contributed by atoms with Crippen molar-refractivity contribution in [3.05, 3.63) is 35.6 Å². The van der Waals surface area contributed by atoms with E-state index in [1.807, 2.05) is 0 Å². The molecule has 1 aliphatic heterocycles. The Bertz CT molecular complexity index is 385. The molecule has 2 rings (SSSR count). The second kappa shape index (κ2) is 4.45. The van der Waals surface area contributed by atoms with Gasteiger partial charge in [0.1, 0.15) is 10.5 Å². The number of carbonyl (C=O) groups excluding carboxylic acids is 1. The minimum atomic E-state index is -0.275. The number of amides is 1. The fourth-order valence-corrected chi connectivity index (χ4v) is 2.70. The van der Waals surface area contributed by atoms with Crippen LogP contribution in [0.25, 0.3) is 0 Å². The third-order valence-corrected chi connectivity index (χ3v) is 3.88. The lowest BCUT2D eigenvalue weighted by molar-refractivity contribution is -0.127. The molecule has 1 aliphatic rings. The molecule has 0 aliphatic carbocycles. The maximum absolute atomic E-state index is 12.9. The van der Waals surface area contributed by atoms with Crippen LogP contribution in [0.2, 0.25) is 0 Å². The van der Waals surface area contributed by atoms with E-state index >= 15 is 0 Å². The molecular weight excluding hydrogens is 233 g/mol. The molecule has 1 unspecified atom stereocenters. The first-order chi connectivity index (χ1) is 7.16. The van der Waals surface area contributed by atoms with Crippen molar-refractivity contribution in [1.82, 2.24) is 4.90 Å². The average Bonchev–Trinajstić information content (AvgIpc) is 2.50. The molecule has 1 atom stereocenters. The summed E-state index contributed by atoms with van der Waals surface area (Å²) >= 11 is 5.76. The van der Waals surface area contributed by atoms with Gasteiger partial charge in [-0.05, 0) is 17.7 Å². The van der Waals surface area contributed by atoms with E-state index in [9.17, 15) is 9.18 Å². The highest BCUT2D eigenvalue weighted by molar-refractivity contribution is 8.11. The Balaban J connectivity index is 2.11.